The zero-order valence-electron chi connectivity index (χ0n) is 20.1. The van der Waals surface area contributed by atoms with Gasteiger partial charge in [-0.25, -0.2) is 19.0 Å². The van der Waals surface area contributed by atoms with E-state index in [1.54, 1.807) is 24.3 Å². The number of ether oxygens (including phenoxy) is 1. The zero-order valence-corrected chi connectivity index (χ0v) is 20.1. The van der Waals surface area contributed by atoms with Gasteiger partial charge in [-0.3, -0.25) is 14.7 Å². The molecule has 0 aliphatic carbocycles. The van der Waals surface area contributed by atoms with Crippen molar-refractivity contribution >= 4 is 35.3 Å². The third-order valence-corrected chi connectivity index (χ3v) is 5.87. The second-order valence-electron chi connectivity index (χ2n) is 8.42. The van der Waals surface area contributed by atoms with Gasteiger partial charge in [-0.15, -0.1) is 0 Å². The summed E-state index contributed by atoms with van der Waals surface area (Å²) >= 11 is 0. The van der Waals surface area contributed by atoms with E-state index in [0.717, 1.165) is 12.1 Å². The van der Waals surface area contributed by atoms with Gasteiger partial charge in [0.15, 0.2) is 11.6 Å². The van der Waals surface area contributed by atoms with Gasteiger partial charge in [-0.2, -0.15) is 9.59 Å². The normalized spacial score (nSPS) is 17.3. The van der Waals surface area contributed by atoms with Gasteiger partial charge in [0.25, 0.3) is 5.91 Å². The van der Waals surface area contributed by atoms with Gasteiger partial charge >= 0.3 is 12.2 Å². The molecule has 2 aromatic rings. The number of rotatable bonds is 6. The van der Waals surface area contributed by atoms with Crippen LogP contribution in [0.15, 0.2) is 42.5 Å². The number of nitrogens with zero attached hydrogens (tertiary/aromatic N) is 3. The number of hydrazine groups is 1. The van der Waals surface area contributed by atoms with Crippen LogP contribution >= 0.6 is 0 Å². The number of hydrogen-bond acceptors (Lipinski definition) is 8. The van der Waals surface area contributed by atoms with Gasteiger partial charge in [0.05, 0.1) is 18.8 Å². The van der Waals surface area contributed by atoms with Gasteiger partial charge in [0.1, 0.15) is 17.6 Å². The first-order valence-electron chi connectivity index (χ1n) is 11.6. The maximum absolute atomic E-state index is 15.1. The van der Waals surface area contributed by atoms with Crippen molar-refractivity contribution < 1.29 is 37.5 Å². The SMILES string of the molecule is CC(=O)CC[C@H]1CN(c2cc(F)c(N3CCNN(C(=O)c4ccccc4)CC3)c(F)c2)C(=O)O1.O=C=O. The molecule has 0 unspecified atom stereocenters. The number of hydrogen-bond donors (Lipinski definition) is 1. The Kier molecular flexibility index (Phi) is 9.42. The van der Waals surface area contributed by atoms with E-state index in [2.05, 4.69) is 5.43 Å². The Morgan fingerprint density at radius 1 is 1.08 bits per heavy atom. The summed E-state index contributed by atoms with van der Waals surface area (Å²) in [6.45, 7) is 2.62. The molecule has 0 aromatic heterocycles. The van der Waals surface area contributed by atoms with Crippen LogP contribution in [0.3, 0.4) is 0 Å². The van der Waals surface area contributed by atoms with Crippen molar-refractivity contribution in [1.29, 1.82) is 0 Å². The lowest BCUT2D eigenvalue weighted by Gasteiger charge is -2.25. The van der Waals surface area contributed by atoms with Crippen molar-refractivity contribution in [3.05, 3.63) is 59.7 Å². The van der Waals surface area contributed by atoms with Crippen LogP contribution < -0.4 is 15.2 Å². The summed E-state index contributed by atoms with van der Waals surface area (Å²) in [5.74, 6) is -1.85. The molecule has 1 atom stereocenters. The minimum absolute atomic E-state index is 0.0214. The van der Waals surface area contributed by atoms with Gasteiger partial charge < -0.3 is 14.4 Å². The summed E-state index contributed by atoms with van der Waals surface area (Å²) < 4.78 is 35.4. The van der Waals surface area contributed by atoms with Crippen LogP contribution in [0, 0.1) is 11.6 Å². The lowest BCUT2D eigenvalue weighted by Crippen LogP contribution is -2.43. The van der Waals surface area contributed by atoms with Crippen LogP contribution in [-0.4, -0.2) is 67.8 Å². The molecular formula is C25H26F2N4O6. The number of carbonyl (C=O) groups excluding carboxylic acids is 5. The molecule has 37 heavy (non-hydrogen) atoms. The minimum Gasteiger partial charge on any atom is -0.444 e. The second kappa shape index (κ2) is 12.7. The molecule has 2 aliphatic heterocycles. The summed E-state index contributed by atoms with van der Waals surface area (Å²) in [5, 5.41) is 1.45. The van der Waals surface area contributed by atoms with E-state index in [0.29, 0.717) is 18.5 Å². The van der Waals surface area contributed by atoms with E-state index in [4.69, 9.17) is 14.3 Å². The van der Waals surface area contributed by atoms with Gasteiger partial charge in [0.2, 0.25) is 0 Å². The molecule has 1 N–H and O–H groups in total. The summed E-state index contributed by atoms with van der Waals surface area (Å²) in [6, 6.07) is 11.0. The van der Waals surface area contributed by atoms with E-state index in [1.165, 1.54) is 21.7 Å². The monoisotopic (exact) mass is 516 g/mol. The minimum atomic E-state index is -0.808. The Balaban J connectivity index is 0.00000121. The number of cyclic esters (lactones) is 1. The number of anilines is 2. The molecule has 2 saturated heterocycles. The van der Waals surface area contributed by atoms with Crippen molar-refractivity contribution in [3.63, 3.8) is 0 Å². The standard InChI is InChI=1S/C24H26F2N4O4.CO2/c1-16(31)7-8-19-15-29(24(33)34-19)18-13-20(25)22(21(26)14-18)28-10-9-27-30(12-11-28)23(32)17-5-3-2-4-6-17;2-1-3/h2-6,13-14,19,27H,7-12,15H2,1H3;/t19-;/m0./s1. The fraction of sp³-hybridized carbons (Fsp3) is 0.360. The third kappa shape index (κ3) is 6.96. The summed E-state index contributed by atoms with van der Waals surface area (Å²) in [7, 11) is 0. The van der Waals surface area contributed by atoms with Crippen molar-refractivity contribution in [3.8, 4) is 0 Å². The van der Waals surface area contributed by atoms with E-state index in [1.807, 2.05) is 6.07 Å². The topological polar surface area (TPSA) is 116 Å². The summed E-state index contributed by atoms with van der Waals surface area (Å²) in [4.78, 5) is 55.1. The molecule has 2 heterocycles. The number of nitrogens with one attached hydrogen (secondary N) is 1. The maximum atomic E-state index is 15.1. The molecule has 10 nitrogen and oxygen atoms in total. The van der Waals surface area contributed by atoms with Crippen LogP contribution in [0.25, 0.3) is 0 Å². The Labute approximate surface area is 211 Å². The number of amides is 2. The molecule has 2 aromatic carbocycles. The van der Waals surface area contributed by atoms with Gasteiger partial charge in [-0.1, -0.05) is 18.2 Å². The lowest BCUT2D eigenvalue weighted by atomic mass is 10.1. The van der Waals surface area contributed by atoms with Crippen LogP contribution in [-0.2, 0) is 19.1 Å². The number of benzene rings is 2. The first kappa shape index (κ1) is 27.4. The van der Waals surface area contributed by atoms with Crippen LogP contribution in [0.2, 0.25) is 0 Å². The first-order chi connectivity index (χ1) is 17.7. The molecule has 0 radical (unpaired) electrons. The Hall–Kier alpha value is -4.15. The quantitative estimate of drug-likeness (QED) is 0.623. The molecule has 2 amide bonds. The Morgan fingerprint density at radius 2 is 1.73 bits per heavy atom. The first-order valence-corrected chi connectivity index (χ1v) is 11.6. The van der Waals surface area contributed by atoms with E-state index >= 15 is 8.78 Å². The van der Waals surface area contributed by atoms with E-state index < -0.39 is 23.8 Å². The molecule has 2 aliphatic rings. The highest BCUT2D eigenvalue weighted by Gasteiger charge is 2.34. The third-order valence-electron chi connectivity index (χ3n) is 5.87. The van der Waals surface area contributed by atoms with Gasteiger partial charge in [-0.05, 0) is 25.5 Å². The molecule has 4 rings (SSSR count). The number of halogens is 2. The maximum Gasteiger partial charge on any atom is 0.414 e. The van der Waals surface area contributed by atoms with Crippen molar-refractivity contribution in [2.45, 2.75) is 25.9 Å². The fourth-order valence-corrected chi connectivity index (χ4v) is 4.12. The second-order valence-corrected chi connectivity index (χ2v) is 8.42. The average Bonchev–Trinajstić information content (AvgIpc) is 3.07. The molecule has 0 bridgehead atoms. The zero-order chi connectivity index (χ0) is 26.9. The highest BCUT2D eigenvalue weighted by molar-refractivity contribution is 5.94. The lowest BCUT2D eigenvalue weighted by molar-refractivity contribution is -0.191. The number of carbonyl (C=O) groups is 3. The molecular weight excluding hydrogens is 490 g/mol. The molecule has 0 saturated carbocycles. The smallest absolute Gasteiger partial charge is 0.414 e. The summed E-state index contributed by atoms with van der Waals surface area (Å²) in [6.07, 6.45) is -0.332. The van der Waals surface area contributed by atoms with Crippen LogP contribution in [0.1, 0.15) is 30.1 Å². The number of ketones is 1. The highest BCUT2D eigenvalue weighted by atomic mass is 19.1. The van der Waals surface area contributed by atoms with E-state index in [9.17, 15) is 14.4 Å². The predicted molar refractivity (Wildman–Crippen MR) is 127 cm³/mol. The number of Topliss-reactive ketones (excluding diaryl/α,β-unsaturated/α-hetero) is 1. The Morgan fingerprint density at radius 3 is 2.35 bits per heavy atom. The van der Waals surface area contributed by atoms with Crippen molar-refractivity contribution in [2.24, 2.45) is 0 Å². The highest BCUT2D eigenvalue weighted by Crippen LogP contribution is 2.31. The summed E-state index contributed by atoms with van der Waals surface area (Å²) in [5.41, 5.74) is 3.38. The Bertz CT molecular complexity index is 1150. The van der Waals surface area contributed by atoms with Crippen LogP contribution in [0.4, 0.5) is 25.0 Å². The fourth-order valence-electron chi connectivity index (χ4n) is 4.12. The van der Waals surface area contributed by atoms with E-state index in [-0.39, 0.29) is 61.8 Å². The molecule has 12 heteroatoms. The van der Waals surface area contributed by atoms with Gasteiger partial charge in [0, 0.05) is 43.8 Å². The molecule has 0 spiro atoms. The average molecular weight is 517 g/mol. The van der Waals surface area contributed by atoms with Crippen molar-refractivity contribution in [1.82, 2.24) is 10.4 Å². The van der Waals surface area contributed by atoms with Crippen LogP contribution in [0.5, 0.6) is 0 Å². The molecule has 2 fully saturated rings. The predicted octanol–water partition coefficient (Wildman–Crippen LogP) is 2.54. The van der Waals surface area contributed by atoms with Crippen molar-refractivity contribution in [2.75, 3.05) is 42.5 Å². The molecule has 196 valence electrons. The largest absolute Gasteiger partial charge is 0.444 e.